The molecule has 0 aliphatic rings. The number of carbonyl (C=O) groups is 2. The summed E-state index contributed by atoms with van der Waals surface area (Å²) in [4.78, 5) is 28.4. The van der Waals surface area contributed by atoms with Crippen molar-refractivity contribution in [2.45, 2.75) is 66.2 Å². The van der Waals surface area contributed by atoms with Gasteiger partial charge in [-0.2, -0.15) is 9.78 Å². The summed E-state index contributed by atoms with van der Waals surface area (Å²) in [6, 6.07) is 21.4. The van der Waals surface area contributed by atoms with Crippen LogP contribution in [0, 0.1) is 10.6 Å². The maximum Gasteiger partial charge on any atom is 0.435 e. The van der Waals surface area contributed by atoms with Crippen molar-refractivity contribution in [1.29, 1.82) is 0 Å². The number of carbonyl (C=O) groups excluding carboxylic acids is 2. The third-order valence-electron chi connectivity index (χ3n) is 5.87. The van der Waals surface area contributed by atoms with E-state index in [2.05, 4.69) is 27.7 Å². The van der Waals surface area contributed by atoms with E-state index < -0.39 is 11.7 Å². The number of halogens is 1. The molecule has 0 fully saturated rings. The molecule has 0 saturated carbocycles. The smallest absolute Gasteiger partial charge is 0.435 e. The van der Waals surface area contributed by atoms with Crippen LogP contribution in [0.4, 0.5) is 10.5 Å². The fraction of sp³-hybridized carbons (Fsp3) is 0.323. The minimum absolute atomic E-state index is 0.0368. The molecule has 0 N–H and O–H groups in total. The van der Waals surface area contributed by atoms with Gasteiger partial charge in [0.25, 0.3) is 0 Å². The number of nitrogens with zero attached hydrogens (tertiary/aromatic N) is 3. The van der Waals surface area contributed by atoms with Gasteiger partial charge in [0.05, 0.1) is 30.3 Å². The minimum atomic E-state index is -0.635. The van der Waals surface area contributed by atoms with E-state index in [4.69, 9.17) is 9.47 Å². The lowest BCUT2D eigenvalue weighted by atomic mass is 10.1. The van der Waals surface area contributed by atoms with Gasteiger partial charge in [-0.3, -0.25) is 4.79 Å². The summed E-state index contributed by atoms with van der Waals surface area (Å²) in [7, 11) is 0. The van der Waals surface area contributed by atoms with Gasteiger partial charge in [-0.1, -0.05) is 42.5 Å². The number of hydrogen-bond donors (Lipinski definition) is 0. The molecule has 204 valence electrons. The highest BCUT2D eigenvalue weighted by Gasteiger charge is 2.24. The number of hydrogen-bond acceptors (Lipinski definition) is 5. The Bertz CT molecular complexity index is 1490. The molecule has 3 aromatic carbocycles. The molecule has 8 heteroatoms. The van der Waals surface area contributed by atoms with Crippen LogP contribution in [0.25, 0.3) is 10.9 Å². The lowest BCUT2D eigenvalue weighted by molar-refractivity contribution is -0.118. The maximum atomic E-state index is 13.9. The number of anilines is 1. The number of amides is 1. The van der Waals surface area contributed by atoms with Crippen LogP contribution < -0.4 is 9.64 Å². The molecule has 0 radical (unpaired) electrons. The van der Waals surface area contributed by atoms with E-state index in [9.17, 15) is 9.59 Å². The van der Waals surface area contributed by atoms with E-state index in [0.29, 0.717) is 21.5 Å². The van der Waals surface area contributed by atoms with Crippen LogP contribution in [0.5, 0.6) is 5.75 Å². The van der Waals surface area contributed by atoms with Gasteiger partial charge < -0.3 is 14.4 Å². The number of fused-ring (bicyclic) bond motifs is 1. The van der Waals surface area contributed by atoms with Crippen molar-refractivity contribution in [1.82, 2.24) is 9.78 Å². The average Bonchev–Trinajstić information content (AvgIpc) is 3.18. The van der Waals surface area contributed by atoms with E-state index >= 15 is 0 Å². The van der Waals surface area contributed by atoms with E-state index in [1.54, 1.807) is 4.90 Å². The predicted molar refractivity (Wildman–Crippen MR) is 162 cm³/mol. The Labute approximate surface area is 243 Å². The molecular weight excluding hydrogens is 605 g/mol. The molecule has 4 aromatic rings. The summed E-state index contributed by atoms with van der Waals surface area (Å²) < 4.78 is 13.6. The Balaban J connectivity index is 1.68. The van der Waals surface area contributed by atoms with Gasteiger partial charge in [0.15, 0.2) is 0 Å². The van der Waals surface area contributed by atoms with Gasteiger partial charge in [0.2, 0.25) is 5.91 Å². The number of aryl methyl sites for hydroxylation is 1. The summed E-state index contributed by atoms with van der Waals surface area (Å²) >= 11 is 2.10. The van der Waals surface area contributed by atoms with Crippen LogP contribution in [-0.4, -0.2) is 33.5 Å². The lowest BCUT2D eigenvalue weighted by Crippen LogP contribution is -2.32. The number of ether oxygens (including phenoxy) is 2. The van der Waals surface area contributed by atoms with Crippen LogP contribution in [0.1, 0.15) is 51.3 Å². The van der Waals surface area contributed by atoms with Crippen molar-refractivity contribution >= 4 is 51.2 Å². The zero-order chi connectivity index (χ0) is 28.3. The summed E-state index contributed by atoms with van der Waals surface area (Å²) in [5, 5.41) is 5.19. The fourth-order valence-corrected chi connectivity index (χ4v) is 4.87. The largest absolute Gasteiger partial charge is 0.489 e. The Morgan fingerprint density at radius 1 is 1.00 bits per heavy atom. The zero-order valence-electron chi connectivity index (χ0n) is 23.2. The molecule has 39 heavy (non-hydrogen) atoms. The monoisotopic (exact) mass is 639 g/mol. The molecule has 0 aliphatic carbocycles. The fourth-order valence-electron chi connectivity index (χ4n) is 4.22. The Kier molecular flexibility index (Phi) is 8.64. The molecule has 4 rings (SSSR count). The Hall–Kier alpha value is -3.40. The molecule has 0 atom stereocenters. The van der Waals surface area contributed by atoms with Gasteiger partial charge in [0.1, 0.15) is 15.1 Å². The molecule has 0 aliphatic heterocycles. The van der Waals surface area contributed by atoms with E-state index in [1.807, 2.05) is 108 Å². The highest BCUT2D eigenvalue weighted by atomic mass is 127. The van der Waals surface area contributed by atoms with Crippen molar-refractivity contribution in [3.63, 3.8) is 0 Å². The molecule has 1 heterocycles. The van der Waals surface area contributed by atoms with Crippen molar-refractivity contribution in [2.24, 2.45) is 0 Å². The summed E-state index contributed by atoms with van der Waals surface area (Å²) in [6.45, 7) is 11.8. The predicted octanol–water partition coefficient (Wildman–Crippen LogP) is 7.30. The second kappa shape index (κ2) is 11.8. The SMILES string of the molecule is Cc1ccc(N(Cc2ccccc2)C(=O)Cc2ccc3c(c2)c(I)nn3C(=O)OC(C)(C)C)c(OC(C)C)c1. The first-order valence-electron chi connectivity index (χ1n) is 12.9. The van der Waals surface area contributed by atoms with E-state index in [0.717, 1.165) is 27.8 Å². The van der Waals surface area contributed by atoms with Gasteiger partial charge in [-0.05, 0) is 105 Å². The average molecular weight is 640 g/mol. The van der Waals surface area contributed by atoms with Crippen LogP contribution in [-0.2, 0) is 22.5 Å². The molecule has 1 amide bonds. The van der Waals surface area contributed by atoms with Crippen molar-refractivity contribution < 1.29 is 19.1 Å². The Morgan fingerprint density at radius 2 is 1.72 bits per heavy atom. The van der Waals surface area contributed by atoms with Gasteiger partial charge >= 0.3 is 6.09 Å². The zero-order valence-corrected chi connectivity index (χ0v) is 25.4. The number of benzene rings is 3. The van der Waals surface area contributed by atoms with Gasteiger partial charge in [0, 0.05) is 5.39 Å². The van der Waals surface area contributed by atoms with Crippen molar-refractivity contribution in [3.8, 4) is 5.75 Å². The summed E-state index contributed by atoms with van der Waals surface area (Å²) in [5.41, 5.74) is 3.64. The third-order valence-corrected chi connectivity index (χ3v) is 6.67. The number of aromatic nitrogens is 2. The first-order chi connectivity index (χ1) is 18.4. The molecule has 0 bridgehead atoms. The first-order valence-corrected chi connectivity index (χ1v) is 14.0. The second-order valence-corrected chi connectivity index (χ2v) is 11.8. The molecule has 0 saturated heterocycles. The van der Waals surface area contributed by atoms with Crippen molar-refractivity contribution in [2.75, 3.05) is 4.90 Å². The van der Waals surface area contributed by atoms with Crippen LogP contribution >= 0.6 is 22.6 Å². The minimum Gasteiger partial charge on any atom is -0.489 e. The third kappa shape index (κ3) is 7.17. The van der Waals surface area contributed by atoms with Gasteiger partial charge in [-0.25, -0.2) is 4.79 Å². The Morgan fingerprint density at radius 3 is 2.38 bits per heavy atom. The van der Waals surface area contributed by atoms with Crippen LogP contribution in [0.15, 0.2) is 66.7 Å². The lowest BCUT2D eigenvalue weighted by Gasteiger charge is -2.26. The van der Waals surface area contributed by atoms with Gasteiger partial charge in [-0.15, -0.1) is 0 Å². The highest BCUT2D eigenvalue weighted by molar-refractivity contribution is 14.1. The maximum absolute atomic E-state index is 13.9. The highest BCUT2D eigenvalue weighted by Crippen LogP contribution is 2.33. The molecule has 0 unspecified atom stereocenters. The standard InChI is InChI=1S/C31H34IN3O4/c1-20(2)38-27-16-21(3)12-14-26(27)34(19-22-10-8-7-9-11-22)28(36)18-23-13-15-25-24(17-23)29(32)33-35(25)30(37)39-31(4,5)6/h7-17,20H,18-19H2,1-6H3. The molecule has 0 spiro atoms. The second-order valence-electron chi connectivity index (χ2n) is 10.8. The van der Waals surface area contributed by atoms with E-state index in [1.165, 1.54) is 4.68 Å². The molecular formula is C31H34IN3O4. The topological polar surface area (TPSA) is 73.7 Å². The van der Waals surface area contributed by atoms with Crippen molar-refractivity contribution in [3.05, 3.63) is 87.1 Å². The number of rotatable bonds is 7. The first kappa shape index (κ1) is 28.6. The normalized spacial score (nSPS) is 11.6. The molecule has 1 aromatic heterocycles. The summed E-state index contributed by atoms with van der Waals surface area (Å²) in [5.74, 6) is 0.614. The quantitative estimate of drug-likeness (QED) is 0.199. The van der Waals surface area contributed by atoms with Crippen LogP contribution in [0.2, 0.25) is 0 Å². The van der Waals surface area contributed by atoms with Crippen LogP contribution in [0.3, 0.4) is 0 Å². The molecule has 7 nitrogen and oxygen atoms in total. The summed E-state index contributed by atoms with van der Waals surface area (Å²) in [6.07, 6.45) is -0.401. The van der Waals surface area contributed by atoms with E-state index in [-0.39, 0.29) is 18.4 Å².